The highest BCUT2D eigenvalue weighted by molar-refractivity contribution is 4.90. The molecule has 0 bridgehead atoms. The zero-order chi connectivity index (χ0) is 10.7. The summed E-state index contributed by atoms with van der Waals surface area (Å²) in [6.07, 6.45) is 8.04. The van der Waals surface area contributed by atoms with Crippen LogP contribution in [0, 0.1) is 11.8 Å². The number of aliphatic hydroxyl groups is 1. The van der Waals surface area contributed by atoms with Crippen LogP contribution in [0.25, 0.3) is 0 Å². The molecule has 1 N–H and O–H groups in total. The zero-order valence-corrected chi connectivity index (χ0v) is 9.99. The quantitative estimate of drug-likeness (QED) is 0.774. The number of likely N-dealkylation sites (tertiary alicyclic amines) is 1. The summed E-state index contributed by atoms with van der Waals surface area (Å²) in [5.41, 5.74) is 0. The van der Waals surface area contributed by atoms with E-state index >= 15 is 0 Å². The van der Waals surface area contributed by atoms with Gasteiger partial charge in [-0.05, 0) is 44.1 Å². The number of hydrogen-bond donors (Lipinski definition) is 1. The molecule has 3 atom stereocenters. The summed E-state index contributed by atoms with van der Waals surface area (Å²) in [7, 11) is 0. The molecule has 1 saturated carbocycles. The van der Waals surface area contributed by atoms with Crippen molar-refractivity contribution < 1.29 is 5.11 Å². The van der Waals surface area contributed by atoms with E-state index in [0.717, 1.165) is 30.8 Å². The van der Waals surface area contributed by atoms with Crippen molar-refractivity contribution in [2.45, 2.75) is 51.5 Å². The van der Waals surface area contributed by atoms with E-state index in [0.29, 0.717) is 6.61 Å². The van der Waals surface area contributed by atoms with Gasteiger partial charge in [0.2, 0.25) is 0 Å². The van der Waals surface area contributed by atoms with Gasteiger partial charge in [0.05, 0.1) is 0 Å². The molecule has 0 radical (unpaired) electrons. The van der Waals surface area contributed by atoms with Crippen molar-refractivity contribution >= 4 is 0 Å². The highest BCUT2D eigenvalue weighted by Crippen LogP contribution is 2.38. The average Bonchev–Trinajstić information content (AvgIpc) is 2.29. The van der Waals surface area contributed by atoms with E-state index in [9.17, 15) is 0 Å². The zero-order valence-electron chi connectivity index (χ0n) is 9.99. The molecule has 2 fully saturated rings. The first-order valence-electron chi connectivity index (χ1n) is 6.68. The summed E-state index contributed by atoms with van der Waals surface area (Å²) in [6, 6.07) is 0.842. The highest BCUT2D eigenvalue weighted by Gasteiger charge is 2.36. The van der Waals surface area contributed by atoms with Crippen molar-refractivity contribution in [3.05, 3.63) is 0 Å². The van der Waals surface area contributed by atoms with Crippen LogP contribution < -0.4 is 0 Å². The second kappa shape index (κ2) is 5.31. The summed E-state index contributed by atoms with van der Waals surface area (Å²) < 4.78 is 0. The topological polar surface area (TPSA) is 23.5 Å². The van der Waals surface area contributed by atoms with E-state index in [1.165, 1.54) is 38.6 Å². The number of rotatable bonds is 3. The van der Waals surface area contributed by atoms with Gasteiger partial charge in [-0.2, -0.15) is 0 Å². The number of nitrogens with zero attached hydrogens (tertiary/aromatic N) is 1. The van der Waals surface area contributed by atoms with Crippen LogP contribution in [0.1, 0.15) is 45.4 Å². The molecule has 2 heteroatoms. The third-order valence-corrected chi connectivity index (χ3v) is 4.46. The Bertz CT molecular complexity index is 193. The molecule has 1 saturated heterocycles. The van der Waals surface area contributed by atoms with Crippen LogP contribution in [0.2, 0.25) is 0 Å². The smallest absolute Gasteiger partial charge is 0.0443 e. The van der Waals surface area contributed by atoms with E-state index in [1.54, 1.807) is 0 Å². The van der Waals surface area contributed by atoms with Crippen molar-refractivity contribution in [3.8, 4) is 0 Å². The van der Waals surface area contributed by atoms with Gasteiger partial charge in [-0.3, -0.25) is 0 Å². The molecule has 1 aliphatic carbocycles. The number of aliphatic hydroxyl groups excluding tert-OH is 1. The van der Waals surface area contributed by atoms with Gasteiger partial charge < -0.3 is 10.0 Å². The van der Waals surface area contributed by atoms with Crippen molar-refractivity contribution in [3.63, 3.8) is 0 Å². The molecule has 1 heterocycles. The fourth-order valence-electron chi connectivity index (χ4n) is 3.56. The van der Waals surface area contributed by atoms with E-state index in [2.05, 4.69) is 11.8 Å². The predicted molar refractivity (Wildman–Crippen MR) is 62.8 cm³/mol. The minimum absolute atomic E-state index is 0.351. The minimum atomic E-state index is 0.351. The lowest BCUT2D eigenvalue weighted by Crippen LogP contribution is -2.50. The average molecular weight is 211 g/mol. The minimum Gasteiger partial charge on any atom is -0.396 e. The molecule has 2 rings (SSSR count). The van der Waals surface area contributed by atoms with Gasteiger partial charge in [0.15, 0.2) is 0 Å². The molecule has 3 unspecified atom stereocenters. The molecule has 0 amide bonds. The third-order valence-electron chi connectivity index (χ3n) is 4.46. The van der Waals surface area contributed by atoms with Crippen LogP contribution >= 0.6 is 0 Å². The van der Waals surface area contributed by atoms with Crippen LogP contribution in [0.5, 0.6) is 0 Å². The second-order valence-corrected chi connectivity index (χ2v) is 5.39. The Morgan fingerprint density at radius 2 is 2.00 bits per heavy atom. The molecule has 1 aliphatic heterocycles. The Kier molecular flexibility index (Phi) is 4.04. The molecule has 0 aromatic rings. The highest BCUT2D eigenvalue weighted by atomic mass is 16.3. The van der Waals surface area contributed by atoms with Crippen LogP contribution in [-0.2, 0) is 0 Å². The van der Waals surface area contributed by atoms with Crippen molar-refractivity contribution in [1.82, 2.24) is 4.90 Å². The Morgan fingerprint density at radius 1 is 1.20 bits per heavy atom. The lowest BCUT2D eigenvalue weighted by Gasteiger charge is -2.47. The molecular formula is C13H25NO. The fourth-order valence-corrected chi connectivity index (χ4v) is 3.56. The summed E-state index contributed by atoms with van der Waals surface area (Å²) in [5.74, 6) is 1.88. The standard InChI is InChI=1S/C13H25NO/c1-11-7-9-14(8-4-10-15)13-6-3-2-5-12(11)13/h11-13,15H,2-10H2,1H3. The first-order valence-corrected chi connectivity index (χ1v) is 6.68. The number of hydrogen-bond acceptors (Lipinski definition) is 2. The summed E-state index contributed by atoms with van der Waals surface area (Å²) in [6.45, 7) is 5.17. The Labute approximate surface area is 93.7 Å². The van der Waals surface area contributed by atoms with Gasteiger partial charge in [0.1, 0.15) is 0 Å². The Balaban J connectivity index is 1.94. The SMILES string of the molecule is CC1CCN(CCCO)C2CCCCC12. The third kappa shape index (κ3) is 2.54. The van der Waals surface area contributed by atoms with Crippen LogP contribution in [-0.4, -0.2) is 35.7 Å². The van der Waals surface area contributed by atoms with Gasteiger partial charge >= 0.3 is 0 Å². The monoisotopic (exact) mass is 211 g/mol. The molecule has 0 aromatic heterocycles. The molecule has 0 spiro atoms. The summed E-state index contributed by atoms with van der Waals surface area (Å²) >= 11 is 0. The normalized spacial score (nSPS) is 37.6. The summed E-state index contributed by atoms with van der Waals surface area (Å²) in [4.78, 5) is 2.65. The molecule has 15 heavy (non-hydrogen) atoms. The van der Waals surface area contributed by atoms with Crippen LogP contribution in [0.15, 0.2) is 0 Å². The van der Waals surface area contributed by atoms with Crippen LogP contribution in [0.3, 0.4) is 0 Å². The number of fused-ring (bicyclic) bond motifs is 1. The van der Waals surface area contributed by atoms with Crippen molar-refractivity contribution in [2.75, 3.05) is 19.7 Å². The first-order chi connectivity index (χ1) is 7.33. The van der Waals surface area contributed by atoms with Crippen molar-refractivity contribution in [2.24, 2.45) is 11.8 Å². The molecule has 88 valence electrons. The maximum Gasteiger partial charge on any atom is 0.0443 e. The molecule has 0 aromatic carbocycles. The van der Waals surface area contributed by atoms with Gasteiger partial charge in [0, 0.05) is 19.2 Å². The molecule has 2 nitrogen and oxygen atoms in total. The lowest BCUT2D eigenvalue weighted by molar-refractivity contribution is 0.0225. The predicted octanol–water partition coefficient (Wildman–Crippen LogP) is 2.27. The fraction of sp³-hybridized carbons (Fsp3) is 1.00. The van der Waals surface area contributed by atoms with Gasteiger partial charge in [-0.15, -0.1) is 0 Å². The molecular weight excluding hydrogens is 186 g/mol. The van der Waals surface area contributed by atoms with E-state index in [1.807, 2.05) is 0 Å². The maximum absolute atomic E-state index is 8.92. The van der Waals surface area contributed by atoms with E-state index in [4.69, 9.17) is 5.11 Å². The van der Waals surface area contributed by atoms with Crippen molar-refractivity contribution in [1.29, 1.82) is 0 Å². The lowest BCUT2D eigenvalue weighted by atomic mass is 9.72. The van der Waals surface area contributed by atoms with Gasteiger partial charge in [0.25, 0.3) is 0 Å². The molecule has 2 aliphatic rings. The van der Waals surface area contributed by atoms with Crippen LogP contribution in [0.4, 0.5) is 0 Å². The van der Waals surface area contributed by atoms with Gasteiger partial charge in [-0.1, -0.05) is 19.8 Å². The largest absolute Gasteiger partial charge is 0.396 e. The Hall–Kier alpha value is -0.0800. The van der Waals surface area contributed by atoms with E-state index < -0.39 is 0 Å². The van der Waals surface area contributed by atoms with Gasteiger partial charge in [-0.25, -0.2) is 0 Å². The maximum atomic E-state index is 8.92. The first kappa shape index (κ1) is 11.4. The second-order valence-electron chi connectivity index (χ2n) is 5.39. The summed E-state index contributed by atoms with van der Waals surface area (Å²) in [5, 5.41) is 8.92. The van der Waals surface area contributed by atoms with E-state index in [-0.39, 0.29) is 0 Å². The number of piperidine rings is 1. The Morgan fingerprint density at radius 3 is 2.80 bits per heavy atom.